The molecular weight excluding hydrogens is 134 g/mol. The van der Waals surface area contributed by atoms with Gasteiger partial charge in [-0.3, -0.25) is 0 Å². The number of piperidine rings is 1. The van der Waals surface area contributed by atoms with Crippen LogP contribution < -0.4 is 0 Å². The van der Waals surface area contributed by atoms with E-state index < -0.39 is 0 Å². The predicted octanol–water partition coefficient (Wildman–Crippen LogP) is 2.54. The molecule has 2 aliphatic rings. The van der Waals surface area contributed by atoms with E-state index in [9.17, 15) is 0 Å². The van der Waals surface area contributed by atoms with Gasteiger partial charge in [-0.15, -0.1) is 0 Å². The summed E-state index contributed by atoms with van der Waals surface area (Å²) in [6.07, 6.45) is 5.61. The third-order valence-corrected chi connectivity index (χ3v) is 3.22. The Kier molecular flexibility index (Phi) is 1.67. The number of rotatable bonds is 0. The number of fused-ring (bicyclic) bond motifs is 1. The fourth-order valence-electron chi connectivity index (χ4n) is 2.40. The largest absolute Gasteiger partial charge is 0.372 e. The Morgan fingerprint density at radius 3 is 2.82 bits per heavy atom. The SMILES string of the molecule is CC1=C(C)N2CCCCC2C1. The van der Waals surface area contributed by atoms with E-state index in [-0.39, 0.29) is 0 Å². The highest BCUT2D eigenvalue weighted by Crippen LogP contribution is 2.33. The standard InChI is InChI=1S/C10H17N/c1-8-7-10-5-3-4-6-11(10)9(8)2/h10H,3-7H2,1-2H3. The van der Waals surface area contributed by atoms with Gasteiger partial charge in [-0.1, -0.05) is 5.57 Å². The number of hydrogen-bond donors (Lipinski definition) is 0. The zero-order chi connectivity index (χ0) is 7.84. The minimum absolute atomic E-state index is 0.878. The van der Waals surface area contributed by atoms with Gasteiger partial charge in [0.1, 0.15) is 0 Å². The van der Waals surface area contributed by atoms with Crippen molar-refractivity contribution in [1.82, 2.24) is 4.90 Å². The molecule has 1 fully saturated rings. The first-order valence-corrected chi connectivity index (χ1v) is 4.72. The minimum atomic E-state index is 0.878. The van der Waals surface area contributed by atoms with E-state index in [1.54, 1.807) is 11.3 Å². The summed E-state index contributed by atoms with van der Waals surface area (Å²) < 4.78 is 0. The summed E-state index contributed by atoms with van der Waals surface area (Å²) in [5, 5.41) is 0. The zero-order valence-electron chi connectivity index (χ0n) is 7.56. The molecule has 0 aliphatic carbocycles. The Hall–Kier alpha value is -0.460. The molecule has 0 N–H and O–H groups in total. The van der Waals surface area contributed by atoms with Crippen LogP contribution in [-0.2, 0) is 0 Å². The van der Waals surface area contributed by atoms with Gasteiger partial charge in [0.25, 0.3) is 0 Å². The van der Waals surface area contributed by atoms with Crippen LogP contribution in [0.2, 0.25) is 0 Å². The van der Waals surface area contributed by atoms with Crippen LogP contribution in [0.4, 0.5) is 0 Å². The van der Waals surface area contributed by atoms with E-state index in [0.717, 1.165) is 6.04 Å². The van der Waals surface area contributed by atoms with Gasteiger partial charge in [-0.25, -0.2) is 0 Å². The normalized spacial score (nSPS) is 31.1. The third kappa shape index (κ3) is 1.07. The lowest BCUT2D eigenvalue weighted by Crippen LogP contribution is -2.33. The molecule has 1 atom stereocenters. The van der Waals surface area contributed by atoms with Gasteiger partial charge in [0.05, 0.1) is 0 Å². The molecule has 1 saturated heterocycles. The highest BCUT2D eigenvalue weighted by Gasteiger charge is 2.28. The summed E-state index contributed by atoms with van der Waals surface area (Å²) in [4.78, 5) is 2.61. The molecule has 1 unspecified atom stereocenters. The van der Waals surface area contributed by atoms with Crippen molar-refractivity contribution in [1.29, 1.82) is 0 Å². The van der Waals surface area contributed by atoms with E-state index >= 15 is 0 Å². The highest BCUT2D eigenvalue weighted by molar-refractivity contribution is 5.18. The molecule has 0 aromatic heterocycles. The number of hydrogen-bond acceptors (Lipinski definition) is 1. The topological polar surface area (TPSA) is 3.24 Å². The monoisotopic (exact) mass is 151 g/mol. The predicted molar refractivity (Wildman–Crippen MR) is 47.3 cm³/mol. The Morgan fingerprint density at radius 2 is 2.09 bits per heavy atom. The molecule has 11 heavy (non-hydrogen) atoms. The molecule has 1 nitrogen and oxygen atoms in total. The minimum Gasteiger partial charge on any atom is -0.372 e. The first kappa shape index (κ1) is 7.20. The average molecular weight is 151 g/mol. The first-order valence-electron chi connectivity index (χ1n) is 4.72. The van der Waals surface area contributed by atoms with Gasteiger partial charge in [0, 0.05) is 18.3 Å². The maximum atomic E-state index is 2.61. The van der Waals surface area contributed by atoms with E-state index in [1.165, 1.54) is 32.2 Å². The van der Waals surface area contributed by atoms with E-state index in [0.29, 0.717) is 0 Å². The summed E-state index contributed by atoms with van der Waals surface area (Å²) >= 11 is 0. The van der Waals surface area contributed by atoms with Crippen molar-refractivity contribution in [2.45, 2.75) is 45.6 Å². The summed E-state index contributed by atoms with van der Waals surface area (Å²) in [6, 6.07) is 0.878. The molecular formula is C10H17N. The number of allylic oxidation sites excluding steroid dienone is 1. The van der Waals surface area contributed by atoms with Crippen molar-refractivity contribution in [3.8, 4) is 0 Å². The van der Waals surface area contributed by atoms with Crippen molar-refractivity contribution >= 4 is 0 Å². The van der Waals surface area contributed by atoms with Gasteiger partial charge in [0.2, 0.25) is 0 Å². The fourth-order valence-corrected chi connectivity index (χ4v) is 2.40. The lowest BCUT2D eigenvalue weighted by Gasteiger charge is -2.32. The summed E-state index contributed by atoms with van der Waals surface area (Å²) in [5.74, 6) is 0. The van der Waals surface area contributed by atoms with E-state index in [2.05, 4.69) is 18.7 Å². The van der Waals surface area contributed by atoms with Crippen LogP contribution in [0.1, 0.15) is 39.5 Å². The lowest BCUT2D eigenvalue weighted by atomic mass is 10.0. The number of nitrogens with zero attached hydrogens (tertiary/aromatic N) is 1. The van der Waals surface area contributed by atoms with Crippen LogP contribution in [0.25, 0.3) is 0 Å². The summed E-state index contributed by atoms with van der Waals surface area (Å²) in [6.45, 7) is 5.88. The molecule has 0 aromatic carbocycles. The zero-order valence-corrected chi connectivity index (χ0v) is 7.56. The van der Waals surface area contributed by atoms with Crippen LogP contribution in [0, 0.1) is 0 Å². The highest BCUT2D eigenvalue weighted by atomic mass is 15.2. The van der Waals surface area contributed by atoms with Crippen LogP contribution >= 0.6 is 0 Å². The Balaban J connectivity index is 2.15. The quantitative estimate of drug-likeness (QED) is 0.514. The second kappa shape index (κ2) is 2.54. The smallest absolute Gasteiger partial charge is 0.0324 e. The lowest BCUT2D eigenvalue weighted by molar-refractivity contribution is 0.217. The van der Waals surface area contributed by atoms with E-state index in [4.69, 9.17) is 0 Å². The van der Waals surface area contributed by atoms with Crippen molar-refractivity contribution in [2.24, 2.45) is 0 Å². The molecule has 62 valence electrons. The maximum absolute atomic E-state index is 2.61. The molecule has 2 rings (SSSR count). The molecule has 0 saturated carbocycles. The van der Waals surface area contributed by atoms with Crippen LogP contribution in [-0.4, -0.2) is 17.5 Å². The van der Waals surface area contributed by atoms with Gasteiger partial charge in [-0.05, 0) is 39.5 Å². The van der Waals surface area contributed by atoms with Crippen molar-refractivity contribution in [2.75, 3.05) is 6.54 Å². The Bertz CT molecular complexity index is 193. The Labute approximate surface area is 69.1 Å². The molecule has 1 heteroatoms. The summed E-state index contributed by atoms with van der Waals surface area (Å²) in [5.41, 5.74) is 3.19. The van der Waals surface area contributed by atoms with Gasteiger partial charge in [0.15, 0.2) is 0 Å². The molecule has 0 aromatic rings. The first-order chi connectivity index (χ1) is 5.29. The molecule has 2 aliphatic heterocycles. The maximum Gasteiger partial charge on any atom is 0.0324 e. The molecule has 0 amide bonds. The van der Waals surface area contributed by atoms with Gasteiger partial charge < -0.3 is 4.90 Å². The Morgan fingerprint density at radius 1 is 1.27 bits per heavy atom. The van der Waals surface area contributed by atoms with Crippen LogP contribution in [0.15, 0.2) is 11.3 Å². The van der Waals surface area contributed by atoms with Crippen molar-refractivity contribution in [3.63, 3.8) is 0 Å². The molecule has 0 spiro atoms. The van der Waals surface area contributed by atoms with Crippen molar-refractivity contribution < 1.29 is 0 Å². The average Bonchev–Trinajstić information content (AvgIpc) is 2.30. The van der Waals surface area contributed by atoms with E-state index in [1.807, 2.05) is 0 Å². The molecule has 2 heterocycles. The van der Waals surface area contributed by atoms with Crippen LogP contribution in [0.3, 0.4) is 0 Å². The second-order valence-corrected chi connectivity index (χ2v) is 3.91. The molecule has 0 bridgehead atoms. The molecule has 0 radical (unpaired) electrons. The van der Waals surface area contributed by atoms with Crippen LogP contribution in [0.5, 0.6) is 0 Å². The fraction of sp³-hybridized carbons (Fsp3) is 0.800. The van der Waals surface area contributed by atoms with Crippen molar-refractivity contribution in [3.05, 3.63) is 11.3 Å². The second-order valence-electron chi connectivity index (χ2n) is 3.91. The third-order valence-electron chi connectivity index (χ3n) is 3.22. The van der Waals surface area contributed by atoms with Gasteiger partial charge in [-0.2, -0.15) is 0 Å². The van der Waals surface area contributed by atoms with Gasteiger partial charge >= 0.3 is 0 Å². The summed E-state index contributed by atoms with van der Waals surface area (Å²) in [7, 11) is 0.